The van der Waals surface area contributed by atoms with Crippen molar-refractivity contribution in [2.24, 2.45) is 0 Å². The second kappa shape index (κ2) is 11.4. The molecule has 0 aliphatic heterocycles. The molecule has 0 spiro atoms. The monoisotopic (exact) mass is 619 g/mol. The van der Waals surface area contributed by atoms with Crippen LogP contribution in [0.3, 0.4) is 0 Å². The van der Waals surface area contributed by atoms with Gasteiger partial charge in [0.2, 0.25) is 0 Å². The molecular formula is C41H25N5S. The van der Waals surface area contributed by atoms with Gasteiger partial charge in [-0.2, -0.15) is 0 Å². The molecule has 0 amide bonds. The molecule has 0 saturated carbocycles. The van der Waals surface area contributed by atoms with Crippen molar-refractivity contribution >= 4 is 42.5 Å². The summed E-state index contributed by atoms with van der Waals surface area (Å²) in [5, 5.41) is 2.25. The molecule has 0 unspecified atom stereocenters. The highest BCUT2D eigenvalue weighted by atomic mass is 32.1. The minimum absolute atomic E-state index is 0.627. The third-order valence-electron chi connectivity index (χ3n) is 8.35. The fourth-order valence-corrected chi connectivity index (χ4v) is 7.09. The molecule has 0 N–H and O–H groups in total. The number of hydrogen-bond donors (Lipinski definition) is 0. The zero-order valence-corrected chi connectivity index (χ0v) is 25.9. The molecule has 0 aliphatic carbocycles. The summed E-state index contributed by atoms with van der Waals surface area (Å²) in [7, 11) is 0. The van der Waals surface area contributed by atoms with Crippen LogP contribution in [0, 0.1) is 0 Å². The molecule has 6 heteroatoms. The van der Waals surface area contributed by atoms with Crippen LogP contribution in [-0.4, -0.2) is 24.9 Å². The maximum absolute atomic E-state index is 5.08. The van der Waals surface area contributed by atoms with E-state index in [4.69, 9.17) is 24.9 Å². The van der Waals surface area contributed by atoms with Crippen molar-refractivity contribution in [2.75, 3.05) is 0 Å². The van der Waals surface area contributed by atoms with Gasteiger partial charge in [0.25, 0.3) is 0 Å². The molecule has 220 valence electrons. The van der Waals surface area contributed by atoms with E-state index < -0.39 is 0 Å². The zero-order valence-electron chi connectivity index (χ0n) is 25.1. The first-order valence-electron chi connectivity index (χ1n) is 15.4. The normalized spacial score (nSPS) is 11.4. The molecule has 0 fully saturated rings. The highest BCUT2D eigenvalue weighted by Gasteiger charge is 2.15. The van der Waals surface area contributed by atoms with Gasteiger partial charge in [0.05, 0.1) is 27.1 Å². The van der Waals surface area contributed by atoms with Crippen molar-refractivity contribution < 1.29 is 0 Å². The molecule has 4 heterocycles. The van der Waals surface area contributed by atoms with Crippen LogP contribution in [0.5, 0.6) is 0 Å². The Balaban J connectivity index is 1.12. The largest absolute Gasteiger partial charge is 0.246 e. The standard InChI is InChI=1S/C41H25N5S/c1-3-11-26(12-4-1)39-44-40(27-13-5-2-6-14-27)46-41(45-39)29-16-9-15-28(25-29)30-18-10-19-33-31(30)21-22-34(42-33)35-23-24-37-38(43-35)32-17-7-8-20-36(32)47-37/h1-25H. The summed E-state index contributed by atoms with van der Waals surface area (Å²) in [6.07, 6.45) is 0. The van der Waals surface area contributed by atoms with Crippen LogP contribution >= 0.6 is 11.3 Å². The van der Waals surface area contributed by atoms with Crippen LogP contribution in [0.4, 0.5) is 0 Å². The molecule has 4 aromatic heterocycles. The Hall–Kier alpha value is -6.11. The van der Waals surface area contributed by atoms with Gasteiger partial charge in [-0.25, -0.2) is 24.9 Å². The maximum atomic E-state index is 5.08. The number of benzene rings is 5. The topological polar surface area (TPSA) is 64.5 Å². The van der Waals surface area contributed by atoms with Crippen molar-refractivity contribution in [3.8, 4) is 56.7 Å². The minimum atomic E-state index is 0.627. The van der Waals surface area contributed by atoms with Gasteiger partial charge < -0.3 is 0 Å². The number of hydrogen-bond acceptors (Lipinski definition) is 6. The highest BCUT2D eigenvalue weighted by molar-refractivity contribution is 7.25. The first-order chi connectivity index (χ1) is 23.3. The van der Waals surface area contributed by atoms with Crippen LogP contribution in [0.2, 0.25) is 0 Å². The first kappa shape index (κ1) is 27.2. The molecule has 0 bridgehead atoms. The van der Waals surface area contributed by atoms with Crippen LogP contribution in [0.25, 0.3) is 87.9 Å². The van der Waals surface area contributed by atoms with Gasteiger partial charge >= 0.3 is 0 Å². The Bertz CT molecular complexity index is 2520. The predicted octanol–water partition coefficient (Wildman–Crippen LogP) is 10.5. The quantitative estimate of drug-likeness (QED) is 0.192. The molecule has 0 saturated heterocycles. The summed E-state index contributed by atoms with van der Waals surface area (Å²) >= 11 is 1.77. The number of thiophene rings is 1. The molecule has 9 rings (SSSR count). The lowest BCUT2D eigenvalue weighted by Gasteiger charge is -2.11. The Morgan fingerprint density at radius 1 is 0.362 bits per heavy atom. The fraction of sp³-hybridized carbons (Fsp3) is 0. The Kier molecular flexibility index (Phi) is 6.58. The smallest absolute Gasteiger partial charge is 0.164 e. The van der Waals surface area contributed by atoms with Gasteiger partial charge in [0.1, 0.15) is 0 Å². The Labute approximate surface area is 275 Å². The molecule has 0 aliphatic rings. The number of rotatable bonds is 5. The highest BCUT2D eigenvalue weighted by Crippen LogP contribution is 2.35. The maximum Gasteiger partial charge on any atom is 0.164 e. The van der Waals surface area contributed by atoms with E-state index in [1.165, 1.54) is 14.8 Å². The van der Waals surface area contributed by atoms with E-state index in [9.17, 15) is 0 Å². The van der Waals surface area contributed by atoms with Gasteiger partial charge in [-0.05, 0) is 53.6 Å². The average molecular weight is 620 g/mol. The van der Waals surface area contributed by atoms with Crippen molar-refractivity contribution in [2.45, 2.75) is 0 Å². The molecular weight excluding hydrogens is 595 g/mol. The van der Waals surface area contributed by atoms with Crippen LogP contribution in [0.1, 0.15) is 0 Å². The third-order valence-corrected chi connectivity index (χ3v) is 9.47. The van der Waals surface area contributed by atoms with E-state index in [0.29, 0.717) is 17.5 Å². The Morgan fingerprint density at radius 2 is 0.957 bits per heavy atom. The predicted molar refractivity (Wildman–Crippen MR) is 193 cm³/mol. The Morgan fingerprint density at radius 3 is 1.72 bits per heavy atom. The summed E-state index contributed by atoms with van der Waals surface area (Å²) < 4.78 is 2.43. The number of fused-ring (bicyclic) bond motifs is 4. The van der Waals surface area contributed by atoms with Crippen LogP contribution in [-0.2, 0) is 0 Å². The first-order valence-corrected chi connectivity index (χ1v) is 16.2. The van der Waals surface area contributed by atoms with Gasteiger partial charge in [0, 0.05) is 32.2 Å². The second-order valence-corrected chi connectivity index (χ2v) is 12.4. The third kappa shape index (κ3) is 5.01. The van der Waals surface area contributed by atoms with Gasteiger partial charge in [-0.15, -0.1) is 11.3 Å². The summed E-state index contributed by atoms with van der Waals surface area (Å²) in [6.45, 7) is 0. The van der Waals surface area contributed by atoms with Gasteiger partial charge in [0.15, 0.2) is 17.5 Å². The van der Waals surface area contributed by atoms with E-state index in [2.05, 4.69) is 91.0 Å². The van der Waals surface area contributed by atoms with Crippen molar-refractivity contribution in [3.05, 3.63) is 152 Å². The molecule has 0 atom stereocenters. The molecule has 5 aromatic carbocycles. The van der Waals surface area contributed by atoms with E-state index in [1.54, 1.807) is 11.3 Å². The van der Waals surface area contributed by atoms with Gasteiger partial charge in [-0.3, -0.25) is 0 Å². The number of aromatic nitrogens is 5. The lowest BCUT2D eigenvalue weighted by atomic mass is 9.98. The van der Waals surface area contributed by atoms with E-state index in [-0.39, 0.29) is 0 Å². The summed E-state index contributed by atoms with van der Waals surface area (Å²) in [6, 6.07) is 51.6. The lowest BCUT2D eigenvalue weighted by Crippen LogP contribution is -2.00. The zero-order chi connectivity index (χ0) is 31.2. The minimum Gasteiger partial charge on any atom is -0.246 e. The van der Waals surface area contributed by atoms with Crippen molar-refractivity contribution in [1.29, 1.82) is 0 Å². The SMILES string of the molecule is c1ccc(-c2nc(-c3ccccc3)nc(-c3cccc(-c4cccc5nc(-c6ccc7sc8ccccc8c7n6)ccc45)c3)n2)cc1. The van der Waals surface area contributed by atoms with E-state index in [1.807, 2.05) is 60.7 Å². The molecule has 9 aromatic rings. The van der Waals surface area contributed by atoms with Gasteiger partial charge in [-0.1, -0.05) is 109 Å². The van der Waals surface area contributed by atoms with Crippen molar-refractivity contribution in [3.63, 3.8) is 0 Å². The molecule has 5 nitrogen and oxygen atoms in total. The number of nitrogens with zero attached hydrogens (tertiary/aromatic N) is 5. The van der Waals surface area contributed by atoms with E-state index >= 15 is 0 Å². The summed E-state index contributed by atoms with van der Waals surface area (Å²) in [5.74, 6) is 1.91. The molecule has 47 heavy (non-hydrogen) atoms. The fourth-order valence-electron chi connectivity index (χ4n) is 6.05. The molecule has 0 radical (unpaired) electrons. The average Bonchev–Trinajstić information content (AvgIpc) is 3.53. The summed E-state index contributed by atoms with van der Waals surface area (Å²) in [4.78, 5) is 24.9. The second-order valence-electron chi connectivity index (χ2n) is 11.3. The number of pyridine rings is 2. The van der Waals surface area contributed by atoms with Crippen molar-refractivity contribution in [1.82, 2.24) is 24.9 Å². The van der Waals surface area contributed by atoms with Crippen LogP contribution < -0.4 is 0 Å². The summed E-state index contributed by atoms with van der Waals surface area (Å²) in [5.41, 5.74) is 8.64. The van der Waals surface area contributed by atoms with E-state index in [0.717, 1.165) is 55.6 Å². The lowest BCUT2D eigenvalue weighted by molar-refractivity contribution is 1.07. The van der Waals surface area contributed by atoms with Crippen LogP contribution in [0.15, 0.2) is 152 Å².